The highest BCUT2D eigenvalue weighted by molar-refractivity contribution is 8.03. The maximum atomic E-state index is 2.41. The molecule has 0 atom stereocenters. The second kappa shape index (κ2) is 7.38. The summed E-state index contributed by atoms with van der Waals surface area (Å²) in [7, 11) is 2.15. The number of anilines is 1. The lowest BCUT2D eigenvalue weighted by Crippen LogP contribution is -3.00. The Labute approximate surface area is 170 Å². The fourth-order valence-electron chi connectivity index (χ4n) is 3.42. The summed E-state index contributed by atoms with van der Waals surface area (Å²) >= 11 is 1.84. The van der Waals surface area contributed by atoms with Crippen molar-refractivity contribution < 1.29 is 28.5 Å². The molecule has 1 aliphatic heterocycles. The van der Waals surface area contributed by atoms with Crippen LogP contribution >= 0.6 is 11.8 Å². The number of nitrogens with zero attached hydrogens (tertiary/aromatic N) is 2. The fraction of sp³-hybridized carbons (Fsp3) is 0.190. The van der Waals surface area contributed by atoms with Crippen LogP contribution in [0.4, 0.5) is 5.69 Å². The molecule has 2 nitrogen and oxygen atoms in total. The number of hydrogen-bond acceptors (Lipinski definition) is 2. The molecule has 0 unspecified atom stereocenters. The minimum atomic E-state index is 0. The van der Waals surface area contributed by atoms with E-state index in [2.05, 4.69) is 91.0 Å². The van der Waals surface area contributed by atoms with Gasteiger partial charge in [-0.15, -0.1) is 0 Å². The molecule has 25 heavy (non-hydrogen) atoms. The van der Waals surface area contributed by atoms with Gasteiger partial charge in [0.05, 0.1) is 10.7 Å². The van der Waals surface area contributed by atoms with Gasteiger partial charge in [-0.05, 0) is 38.1 Å². The molecule has 128 valence electrons. The van der Waals surface area contributed by atoms with Crippen molar-refractivity contribution in [2.45, 2.75) is 25.3 Å². The third-order valence-electron chi connectivity index (χ3n) is 4.64. The Hall–Kier alpha value is -1.53. The average molecular weight is 460 g/mol. The van der Waals surface area contributed by atoms with Crippen molar-refractivity contribution in [2.75, 3.05) is 11.9 Å². The number of para-hydroxylation sites is 2. The molecule has 2 aromatic carbocycles. The number of hydrogen-bond donors (Lipinski definition) is 0. The first kappa shape index (κ1) is 18.3. The number of pyridine rings is 1. The summed E-state index contributed by atoms with van der Waals surface area (Å²) in [4.78, 5) is 3.61. The van der Waals surface area contributed by atoms with E-state index in [0.29, 0.717) is 0 Å². The van der Waals surface area contributed by atoms with Gasteiger partial charge >= 0.3 is 0 Å². The van der Waals surface area contributed by atoms with E-state index in [9.17, 15) is 0 Å². The van der Waals surface area contributed by atoms with Crippen LogP contribution < -0.4 is 33.4 Å². The Kier molecular flexibility index (Phi) is 5.39. The molecular formula is C21H21IN2S. The monoisotopic (exact) mass is 460 g/mol. The van der Waals surface area contributed by atoms with E-state index in [4.69, 9.17) is 0 Å². The predicted octanol–water partition coefficient (Wildman–Crippen LogP) is 2.00. The molecule has 1 aromatic heterocycles. The van der Waals surface area contributed by atoms with E-state index in [0.717, 1.165) is 6.54 Å². The van der Waals surface area contributed by atoms with Crippen LogP contribution in [-0.2, 0) is 6.54 Å². The second-order valence-corrected chi connectivity index (χ2v) is 7.19. The fourth-order valence-corrected chi connectivity index (χ4v) is 4.52. The van der Waals surface area contributed by atoms with E-state index in [1.807, 2.05) is 11.8 Å². The summed E-state index contributed by atoms with van der Waals surface area (Å²) in [6, 6.07) is 19.6. The molecule has 0 saturated heterocycles. The first-order chi connectivity index (χ1) is 11.7. The molecule has 0 N–H and O–H groups in total. The summed E-state index contributed by atoms with van der Waals surface area (Å²) in [6.07, 6.45) is 2.31. The Balaban J connectivity index is 0.00000182. The van der Waals surface area contributed by atoms with Crippen LogP contribution in [0.3, 0.4) is 0 Å². The van der Waals surface area contributed by atoms with Gasteiger partial charge in [-0.2, -0.15) is 4.57 Å². The van der Waals surface area contributed by atoms with Crippen molar-refractivity contribution in [1.29, 1.82) is 0 Å². The molecule has 0 bridgehead atoms. The third kappa shape index (κ3) is 3.17. The minimum absolute atomic E-state index is 0. The van der Waals surface area contributed by atoms with Gasteiger partial charge in [0.25, 0.3) is 0 Å². The standard InChI is InChI=1S/C21H21N2S.HI/c1-4-23-17(13-12-16-9-7-8-15(2)21(16)23)14-20-22(3)18-10-5-6-11-19(18)24-20;/h5-14H,4H2,1-3H3;1H/q+1;/p-1. The van der Waals surface area contributed by atoms with Crippen LogP contribution in [0.1, 0.15) is 18.2 Å². The van der Waals surface area contributed by atoms with Crippen molar-refractivity contribution in [3.8, 4) is 0 Å². The Morgan fingerprint density at radius 1 is 1.04 bits per heavy atom. The maximum Gasteiger partial charge on any atom is 0.215 e. The molecule has 0 radical (unpaired) electrons. The molecule has 3 aromatic rings. The van der Waals surface area contributed by atoms with E-state index in [1.54, 1.807) is 0 Å². The summed E-state index contributed by atoms with van der Waals surface area (Å²) in [5, 5.41) is 2.57. The van der Waals surface area contributed by atoms with Crippen LogP contribution in [0.15, 0.2) is 64.5 Å². The molecule has 4 rings (SSSR count). The molecule has 0 amide bonds. The molecule has 0 fully saturated rings. The number of thioether (sulfide) groups is 1. The molecular weight excluding hydrogens is 439 g/mol. The summed E-state index contributed by atoms with van der Waals surface area (Å²) < 4.78 is 2.41. The highest BCUT2D eigenvalue weighted by Gasteiger charge is 2.23. The Morgan fingerprint density at radius 3 is 2.60 bits per heavy atom. The quantitative estimate of drug-likeness (QED) is 0.427. The van der Waals surface area contributed by atoms with Gasteiger partial charge in [-0.1, -0.05) is 36.0 Å². The summed E-state index contributed by atoms with van der Waals surface area (Å²) in [5.74, 6) is 0. The predicted molar refractivity (Wildman–Crippen MR) is 103 cm³/mol. The smallest absolute Gasteiger partial charge is 0.215 e. The summed E-state index contributed by atoms with van der Waals surface area (Å²) in [6.45, 7) is 5.37. The van der Waals surface area contributed by atoms with Crippen molar-refractivity contribution in [3.63, 3.8) is 0 Å². The normalized spacial score (nSPS) is 14.7. The van der Waals surface area contributed by atoms with Gasteiger partial charge in [0, 0.05) is 35.0 Å². The molecule has 0 saturated carbocycles. The first-order valence-corrected chi connectivity index (χ1v) is 9.15. The highest BCUT2D eigenvalue weighted by Crippen LogP contribution is 2.45. The van der Waals surface area contributed by atoms with Gasteiger partial charge in [0.15, 0.2) is 0 Å². The first-order valence-electron chi connectivity index (χ1n) is 8.33. The topological polar surface area (TPSA) is 7.12 Å². The lowest BCUT2D eigenvalue weighted by Gasteiger charge is -2.13. The number of halogens is 1. The lowest BCUT2D eigenvalue weighted by molar-refractivity contribution is -0.669. The van der Waals surface area contributed by atoms with E-state index in [-0.39, 0.29) is 24.0 Å². The molecule has 0 spiro atoms. The zero-order chi connectivity index (χ0) is 16.7. The van der Waals surface area contributed by atoms with Crippen LogP contribution in [0.2, 0.25) is 0 Å². The largest absolute Gasteiger partial charge is 1.00 e. The number of rotatable bonds is 2. The van der Waals surface area contributed by atoms with Crippen LogP contribution in [0.25, 0.3) is 17.0 Å². The maximum absolute atomic E-state index is 2.41. The molecule has 0 aliphatic carbocycles. The van der Waals surface area contributed by atoms with Crippen molar-refractivity contribution in [2.24, 2.45) is 0 Å². The number of fused-ring (bicyclic) bond motifs is 2. The van der Waals surface area contributed by atoms with E-state index >= 15 is 0 Å². The average Bonchev–Trinajstić information content (AvgIpc) is 2.91. The van der Waals surface area contributed by atoms with Crippen molar-refractivity contribution >= 4 is 34.4 Å². The van der Waals surface area contributed by atoms with Crippen LogP contribution in [0.5, 0.6) is 0 Å². The van der Waals surface area contributed by atoms with Gasteiger partial charge in [-0.3, -0.25) is 0 Å². The van der Waals surface area contributed by atoms with Crippen molar-refractivity contribution in [1.82, 2.24) is 0 Å². The minimum Gasteiger partial charge on any atom is -1.00 e. The van der Waals surface area contributed by atoms with E-state index < -0.39 is 0 Å². The second-order valence-electron chi connectivity index (χ2n) is 6.13. The van der Waals surface area contributed by atoms with Crippen LogP contribution in [0, 0.1) is 6.92 Å². The lowest BCUT2D eigenvalue weighted by atomic mass is 10.1. The SMILES string of the molecule is CC[n+]1c(C=C2Sc3ccccc3N2C)ccc2cccc(C)c21.[I-]. The van der Waals surface area contributed by atoms with Gasteiger partial charge in [0.1, 0.15) is 6.54 Å². The number of aryl methyl sites for hydroxylation is 2. The third-order valence-corrected chi connectivity index (χ3v) is 5.81. The van der Waals surface area contributed by atoms with Gasteiger partial charge in [0.2, 0.25) is 11.2 Å². The van der Waals surface area contributed by atoms with Crippen molar-refractivity contribution in [3.05, 3.63) is 70.9 Å². The van der Waals surface area contributed by atoms with E-state index in [1.165, 1.54) is 37.8 Å². The molecule has 4 heteroatoms. The zero-order valence-electron chi connectivity index (χ0n) is 14.7. The Bertz CT molecular complexity index is 965. The summed E-state index contributed by atoms with van der Waals surface area (Å²) in [5.41, 5.74) is 5.19. The molecule has 2 heterocycles. The van der Waals surface area contributed by atoms with Gasteiger partial charge in [-0.25, -0.2) is 0 Å². The zero-order valence-corrected chi connectivity index (χ0v) is 17.6. The van der Waals surface area contributed by atoms with Crippen LogP contribution in [-0.4, -0.2) is 7.05 Å². The van der Waals surface area contributed by atoms with Gasteiger partial charge < -0.3 is 28.9 Å². The Morgan fingerprint density at radius 2 is 1.84 bits per heavy atom. The number of benzene rings is 2. The number of aromatic nitrogens is 1. The highest BCUT2D eigenvalue weighted by atomic mass is 127. The molecule has 1 aliphatic rings.